The number of carbonyl (C=O) groups is 2. The molecule has 8 heteroatoms. The number of hydrogen-bond acceptors (Lipinski definition) is 5. The summed E-state index contributed by atoms with van der Waals surface area (Å²) in [6, 6.07) is 11.4. The van der Waals surface area contributed by atoms with Crippen LogP contribution in [0.15, 0.2) is 48.8 Å². The van der Waals surface area contributed by atoms with Crippen LogP contribution >= 0.6 is 0 Å². The molecule has 0 aliphatic carbocycles. The normalized spacial score (nSPS) is 12.3. The van der Waals surface area contributed by atoms with E-state index >= 15 is 0 Å². The van der Waals surface area contributed by atoms with Crippen molar-refractivity contribution in [2.24, 2.45) is 13.0 Å². The molecule has 0 radical (unpaired) electrons. The zero-order valence-electron chi connectivity index (χ0n) is 21.9. The first-order valence-electron chi connectivity index (χ1n) is 13.0. The lowest BCUT2D eigenvalue weighted by molar-refractivity contribution is 0.0933. The number of amides is 1. The number of phenols is 1. The number of aryl methyl sites for hydroxylation is 1. The number of nitrogens with zero attached hydrogens (tertiary/aromatic N) is 3. The molecule has 1 amide bonds. The van der Waals surface area contributed by atoms with Crippen LogP contribution in [0.1, 0.15) is 59.7 Å². The average molecular weight is 505 g/mol. The van der Waals surface area contributed by atoms with Crippen molar-refractivity contribution >= 4 is 33.5 Å². The molecule has 0 fully saturated rings. The minimum Gasteiger partial charge on any atom is -0.506 e. The van der Waals surface area contributed by atoms with Crippen molar-refractivity contribution in [3.63, 3.8) is 0 Å². The topological polar surface area (TPSA) is 98.4 Å². The fourth-order valence-electron chi connectivity index (χ4n) is 5.02. The molecule has 4 rings (SSSR count). The molecular formula is C29H36N4O4. The Morgan fingerprint density at radius 3 is 2.68 bits per heavy atom. The molecule has 0 saturated heterocycles. The maximum absolute atomic E-state index is 13.0. The van der Waals surface area contributed by atoms with E-state index in [-0.39, 0.29) is 23.0 Å². The zero-order chi connectivity index (χ0) is 26.4. The number of Topliss-reactive ketones (excluding diaryl/α,β-unsaturated/α-hetero) is 1. The number of aromatic hydroxyl groups is 1. The Bertz CT molecular complexity index is 1390. The van der Waals surface area contributed by atoms with Gasteiger partial charge >= 0.3 is 0 Å². The van der Waals surface area contributed by atoms with E-state index in [4.69, 9.17) is 4.74 Å². The van der Waals surface area contributed by atoms with E-state index in [2.05, 4.69) is 17.3 Å². The zero-order valence-corrected chi connectivity index (χ0v) is 21.9. The van der Waals surface area contributed by atoms with E-state index < -0.39 is 0 Å². The number of fused-ring (bicyclic) bond motifs is 2. The van der Waals surface area contributed by atoms with Gasteiger partial charge in [-0.1, -0.05) is 31.5 Å². The highest BCUT2D eigenvalue weighted by molar-refractivity contribution is 6.08. The van der Waals surface area contributed by atoms with Crippen LogP contribution in [0.2, 0.25) is 0 Å². The predicted octanol–water partition coefficient (Wildman–Crippen LogP) is 5.08. The van der Waals surface area contributed by atoms with Gasteiger partial charge in [0.2, 0.25) is 0 Å². The summed E-state index contributed by atoms with van der Waals surface area (Å²) in [5.41, 5.74) is 2.73. The van der Waals surface area contributed by atoms with Gasteiger partial charge in [0.15, 0.2) is 5.78 Å². The first-order valence-corrected chi connectivity index (χ1v) is 13.0. The van der Waals surface area contributed by atoms with E-state index in [1.807, 2.05) is 46.8 Å². The van der Waals surface area contributed by atoms with Gasteiger partial charge in [0.1, 0.15) is 5.75 Å². The molecule has 37 heavy (non-hydrogen) atoms. The van der Waals surface area contributed by atoms with Crippen LogP contribution in [0.5, 0.6) is 5.75 Å². The van der Waals surface area contributed by atoms with Crippen LogP contribution in [0.4, 0.5) is 0 Å². The summed E-state index contributed by atoms with van der Waals surface area (Å²) in [5.74, 6) is 0.131. The van der Waals surface area contributed by atoms with Crippen LogP contribution in [0, 0.1) is 5.92 Å². The third-order valence-corrected chi connectivity index (χ3v) is 6.90. The van der Waals surface area contributed by atoms with E-state index in [9.17, 15) is 14.7 Å². The molecule has 2 heterocycles. The molecule has 2 aromatic heterocycles. The Balaban J connectivity index is 1.40. The molecule has 2 aromatic carbocycles. The van der Waals surface area contributed by atoms with E-state index in [1.165, 1.54) is 0 Å². The summed E-state index contributed by atoms with van der Waals surface area (Å²) in [7, 11) is 3.54. The first kappa shape index (κ1) is 26.4. The number of phenolic OH excluding ortho intramolecular Hbond substituents is 1. The van der Waals surface area contributed by atoms with Crippen molar-refractivity contribution in [1.82, 2.24) is 19.7 Å². The maximum Gasteiger partial charge on any atom is 0.255 e. The summed E-state index contributed by atoms with van der Waals surface area (Å²) in [6.07, 6.45) is 8.05. The molecule has 0 aliphatic heterocycles. The largest absolute Gasteiger partial charge is 0.506 e. The van der Waals surface area contributed by atoms with Crippen LogP contribution in [0.25, 0.3) is 21.8 Å². The van der Waals surface area contributed by atoms with Crippen LogP contribution in [0.3, 0.4) is 0 Å². The molecule has 1 unspecified atom stereocenters. The predicted molar refractivity (Wildman–Crippen MR) is 145 cm³/mol. The van der Waals surface area contributed by atoms with Gasteiger partial charge in [0, 0.05) is 62.5 Å². The number of aromatic nitrogens is 3. The minimum atomic E-state index is -0.344. The summed E-state index contributed by atoms with van der Waals surface area (Å²) in [6.45, 7) is 3.63. The highest BCUT2D eigenvalue weighted by atomic mass is 16.5. The monoisotopic (exact) mass is 504 g/mol. The Morgan fingerprint density at radius 1 is 1.08 bits per heavy atom. The second kappa shape index (κ2) is 12.1. The van der Waals surface area contributed by atoms with Gasteiger partial charge in [-0.2, -0.15) is 5.10 Å². The second-order valence-electron chi connectivity index (χ2n) is 9.64. The number of carbonyl (C=O) groups excluding carboxylic acids is 2. The third-order valence-electron chi connectivity index (χ3n) is 6.90. The van der Waals surface area contributed by atoms with Gasteiger partial charge in [-0.3, -0.25) is 14.3 Å². The maximum atomic E-state index is 13.0. The van der Waals surface area contributed by atoms with E-state index in [0.717, 1.165) is 42.1 Å². The molecule has 2 N–H and O–H groups in total. The molecule has 0 bridgehead atoms. The molecule has 196 valence electrons. The number of para-hydroxylation sites is 1. The molecule has 4 aromatic rings. The highest BCUT2D eigenvalue weighted by Gasteiger charge is 2.18. The highest BCUT2D eigenvalue weighted by Crippen LogP contribution is 2.29. The average Bonchev–Trinajstić information content (AvgIpc) is 3.46. The smallest absolute Gasteiger partial charge is 0.255 e. The number of benzene rings is 2. The van der Waals surface area contributed by atoms with E-state index in [0.29, 0.717) is 42.9 Å². The van der Waals surface area contributed by atoms with Crippen LogP contribution in [-0.4, -0.2) is 51.4 Å². The van der Waals surface area contributed by atoms with Crippen molar-refractivity contribution in [3.05, 3.63) is 59.9 Å². The standard InChI is InChI=1S/C29H36N4O4/c1-4-8-20(9-7-12-27(34)23-18-32(2)26-11-6-5-10-21(23)26)17-33-19-24-25(31-33)14-13-22(28(24)35)29(36)30-15-16-37-3/h5-6,10-11,13-14,18-20,35H,4,7-9,12,15-17H2,1-3H3,(H,30,36). The van der Waals surface area contributed by atoms with Gasteiger partial charge < -0.3 is 19.7 Å². The van der Waals surface area contributed by atoms with Gasteiger partial charge in [-0.25, -0.2) is 0 Å². The third kappa shape index (κ3) is 6.02. The lowest BCUT2D eigenvalue weighted by Gasteiger charge is -2.16. The SMILES string of the molecule is CCCC(CCCC(=O)c1cn(C)c2ccccc12)Cn1cc2c(O)c(C(=O)NCCOC)ccc2n1. The summed E-state index contributed by atoms with van der Waals surface area (Å²) in [5, 5.41) is 19.7. The number of hydrogen-bond donors (Lipinski definition) is 2. The van der Waals surface area contributed by atoms with Crippen molar-refractivity contribution < 1.29 is 19.4 Å². The molecule has 0 spiro atoms. The fourth-order valence-corrected chi connectivity index (χ4v) is 5.02. The van der Waals surface area contributed by atoms with Crippen molar-refractivity contribution in [1.29, 1.82) is 0 Å². The Labute approximate surface area is 217 Å². The molecule has 0 saturated carbocycles. The van der Waals surface area contributed by atoms with E-state index in [1.54, 1.807) is 25.4 Å². The molecule has 0 aliphatic rings. The molecule has 8 nitrogen and oxygen atoms in total. The quantitative estimate of drug-likeness (QED) is 0.195. The number of ether oxygens (including phenoxy) is 1. The van der Waals surface area contributed by atoms with Crippen molar-refractivity contribution in [3.8, 4) is 5.75 Å². The van der Waals surface area contributed by atoms with Gasteiger partial charge in [0.05, 0.1) is 23.1 Å². The summed E-state index contributed by atoms with van der Waals surface area (Å²) >= 11 is 0. The van der Waals surface area contributed by atoms with Gasteiger partial charge in [-0.15, -0.1) is 0 Å². The van der Waals surface area contributed by atoms with Gasteiger partial charge in [-0.05, 0) is 43.4 Å². The lowest BCUT2D eigenvalue weighted by Crippen LogP contribution is -2.26. The number of methoxy groups -OCH3 is 1. The minimum absolute atomic E-state index is 0.0635. The van der Waals surface area contributed by atoms with Crippen molar-refractivity contribution in [2.45, 2.75) is 45.6 Å². The Morgan fingerprint density at radius 2 is 1.89 bits per heavy atom. The number of nitrogens with one attached hydrogen (secondary N) is 1. The Kier molecular flexibility index (Phi) is 8.61. The summed E-state index contributed by atoms with van der Waals surface area (Å²) < 4.78 is 8.82. The molecule has 1 atom stereocenters. The molecular weight excluding hydrogens is 468 g/mol. The lowest BCUT2D eigenvalue weighted by atomic mass is 9.95. The first-order chi connectivity index (χ1) is 17.9. The summed E-state index contributed by atoms with van der Waals surface area (Å²) in [4.78, 5) is 25.4. The second-order valence-corrected chi connectivity index (χ2v) is 9.64. The van der Waals surface area contributed by atoms with Crippen LogP contribution < -0.4 is 5.32 Å². The van der Waals surface area contributed by atoms with Crippen LogP contribution in [-0.2, 0) is 18.3 Å². The number of rotatable bonds is 13. The fraction of sp³-hybridized carbons (Fsp3) is 0.414. The van der Waals surface area contributed by atoms with Crippen molar-refractivity contribution in [2.75, 3.05) is 20.3 Å². The Hall–Kier alpha value is -3.65. The van der Waals surface area contributed by atoms with Gasteiger partial charge in [0.25, 0.3) is 5.91 Å². The number of ketones is 1.